The number of nitrogens with zero attached hydrogens (tertiary/aromatic N) is 6. The van der Waals surface area contributed by atoms with Gasteiger partial charge in [0.2, 0.25) is 0 Å². The fraction of sp³-hybridized carbons (Fsp3) is 1.00. The van der Waals surface area contributed by atoms with Gasteiger partial charge in [-0.1, -0.05) is 10.2 Å². The van der Waals surface area contributed by atoms with Crippen molar-refractivity contribution in [1.29, 1.82) is 0 Å². The first-order valence-electron chi connectivity index (χ1n) is 4.36. The summed E-state index contributed by atoms with van der Waals surface area (Å²) < 4.78 is 0. The van der Waals surface area contributed by atoms with Crippen molar-refractivity contribution < 1.29 is 10.2 Å². The molecule has 1 aliphatic heterocycles. The lowest BCUT2D eigenvalue weighted by Gasteiger charge is -2.22. The molecule has 0 radical (unpaired) electrons. The van der Waals surface area contributed by atoms with E-state index in [2.05, 4.69) is 25.4 Å². The summed E-state index contributed by atoms with van der Waals surface area (Å²) in [7, 11) is 0. The predicted molar refractivity (Wildman–Crippen MR) is 50.8 cm³/mol. The number of hydrogen-bond acceptors (Lipinski definition) is 5. The molecule has 82 valence electrons. The van der Waals surface area contributed by atoms with Gasteiger partial charge in [-0.15, -0.1) is 0 Å². The summed E-state index contributed by atoms with van der Waals surface area (Å²) in [6.07, 6.45) is -2.27. The Morgan fingerprint density at radius 1 is 1.13 bits per heavy atom. The Kier molecular flexibility index (Phi) is 4.17. The molecule has 1 rings (SSSR count). The van der Waals surface area contributed by atoms with Crippen LogP contribution in [0.2, 0.25) is 0 Å². The molecule has 0 spiro atoms. The minimum absolute atomic E-state index is 0.163. The topological polar surface area (TPSA) is 150 Å². The molecule has 3 N–H and O–H groups in total. The van der Waals surface area contributed by atoms with Gasteiger partial charge in [-0.3, -0.25) is 0 Å². The van der Waals surface area contributed by atoms with Crippen molar-refractivity contribution in [1.82, 2.24) is 5.32 Å². The molecule has 15 heavy (non-hydrogen) atoms. The van der Waals surface area contributed by atoms with Crippen LogP contribution in [0.25, 0.3) is 20.9 Å². The van der Waals surface area contributed by atoms with Crippen molar-refractivity contribution in [2.24, 2.45) is 10.2 Å². The maximum Gasteiger partial charge on any atom is 0.0927 e. The minimum atomic E-state index is -1.23. The lowest BCUT2D eigenvalue weighted by molar-refractivity contribution is 0.0104. The highest BCUT2D eigenvalue weighted by atomic mass is 16.3. The van der Waals surface area contributed by atoms with E-state index in [0.717, 1.165) is 0 Å². The van der Waals surface area contributed by atoms with Crippen molar-refractivity contribution in [3.05, 3.63) is 20.9 Å². The molecule has 0 bridgehead atoms. The number of aliphatic hydroxyl groups is 2. The molecule has 1 fully saturated rings. The van der Waals surface area contributed by atoms with Gasteiger partial charge in [0.1, 0.15) is 0 Å². The summed E-state index contributed by atoms with van der Waals surface area (Å²) in [5.41, 5.74) is 16.6. The Hall–Kier alpha value is -1.50. The summed E-state index contributed by atoms with van der Waals surface area (Å²) in [6, 6.07) is -1.64. The third kappa shape index (κ3) is 2.72. The zero-order chi connectivity index (χ0) is 11.3. The van der Waals surface area contributed by atoms with E-state index in [1.54, 1.807) is 0 Å². The third-order valence-electron chi connectivity index (χ3n) is 2.23. The summed E-state index contributed by atoms with van der Waals surface area (Å²) in [5.74, 6) is 0. The lowest BCUT2D eigenvalue weighted by Crippen LogP contribution is -2.41. The maximum absolute atomic E-state index is 9.61. The molecule has 0 saturated carbocycles. The van der Waals surface area contributed by atoms with Crippen LogP contribution in [0.15, 0.2) is 10.2 Å². The molecule has 0 aromatic rings. The minimum Gasteiger partial charge on any atom is -0.390 e. The van der Waals surface area contributed by atoms with Crippen molar-refractivity contribution in [2.45, 2.75) is 24.3 Å². The Balaban J connectivity index is 2.93. The predicted octanol–water partition coefficient (Wildman–Crippen LogP) is -0.331. The van der Waals surface area contributed by atoms with Crippen LogP contribution in [0.1, 0.15) is 0 Å². The Morgan fingerprint density at radius 3 is 2.40 bits per heavy atom. The molecule has 4 atom stereocenters. The first-order valence-corrected chi connectivity index (χ1v) is 4.36. The summed E-state index contributed by atoms with van der Waals surface area (Å²) >= 11 is 0. The fourth-order valence-corrected chi connectivity index (χ4v) is 1.46. The van der Waals surface area contributed by atoms with Crippen LogP contribution in [-0.4, -0.2) is 47.6 Å². The summed E-state index contributed by atoms with van der Waals surface area (Å²) in [5, 5.41) is 28.6. The highest BCUT2D eigenvalue weighted by Gasteiger charge is 2.34. The van der Waals surface area contributed by atoms with Gasteiger partial charge in [-0.2, -0.15) is 0 Å². The average molecular weight is 213 g/mol. The van der Waals surface area contributed by atoms with Gasteiger partial charge >= 0.3 is 0 Å². The highest BCUT2D eigenvalue weighted by molar-refractivity contribution is 4.96. The van der Waals surface area contributed by atoms with Crippen LogP contribution in [0.4, 0.5) is 0 Å². The van der Waals surface area contributed by atoms with Crippen molar-refractivity contribution in [3.8, 4) is 0 Å². The molecule has 9 heteroatoms. The van der Waals surface area contributed by atoms with E-state index in [1.165, 1.54) is 0 Å². The molecular formula is C6H11N7O2. The Morgan fingerprint density at radius 2 is 1.80 bits per heavy atom. The largest absolute Gasteiger partial charge is 0.390 e. The van der Waals surface area contributed by atoms with Gasteiger partial charge in [-0.25, -0.2) is 0 Å². The first-order chi connectivity index (χ1) is 7.20. The zero-order valence-electron chi connectivity index (χ0n) is 7.80. The molecule has 1 saturated heterocycles. The van der Waals surface area contributed by atoms with Gasteiger partial charge in [0, 0.05) is 22.9 Å². The molecule has 1 heterocycles. The van der Waals surface area contributed by atoms with Crippen molar-refractivity contribution in [2.75, 3.05) is 13.1 Å². The van der Waals surface area contributed by atoms with Crippen molar-refractivity contribution in [3.63, 3.8) is 0 Å². The van der Waals surface area contributed by atoms with Crippen LogP contribution in [-0.2, 0) is 0 Å². The van der Waals surface area contributed by atoms with Crippen LogP contribution in [0, 0.1) is 0 Å². The fourth-order valence-electron chi connectivity index (χ4n) is 1.46. The second kappa shape index (κ2) is 5.40. The second-order valence-electron chi connectivity index (χ2n) is 3.18. The van der Waals surface area contributed by atoms with E-state index in [0.29, 0.717) is 0 Å². The number of azide groups is 2. The van der Waals surface area contributed by atoms with Crippen LogP contribution in [0.3, 0.4) is 0 Å². The van der Waals surface area contributed by atoms with Crippen molar-refractivity contribution >= 4 is 0 Å². The van der Waals surface area contributed by atoms with Gasteiger partial charge in [-0.05, 0) is 11.1 Å². The van der Waals surface area contributed by atoms with Gasteiger partial charge in [0.05, 0.1) is 24.3 Å². The molecule has 0 unspecified atom stereocenters. The number of rotatable bonds is 2. The van der Waals surface area contributed by atoms with Crippen LogP contribution >= 0.6 is 0 Å². The number of aliphatic hydroxyl groups excluding tert-OH is 2. The van der Waals surface area contributed by atoms with Gasteiger partial charge in [0.25, 0.3) is 0 Å². The summed E-state index contributed by atoms with van der Waals surface area (Å²) in [4.78, 5) is 5.16. The van der Waals surface area contributed by atoms with Gasteiger partial charge < -0.3 is 15.5 Å². The molecule has 0 aliphatic carbocycles. The van der Waals surface area contributed by atoms with Gasteiger partial charge in [0.15, 0.2) is 0 Å². The maximum atomic E-state index is 9.61. The Bertz CT molecular complexity index is 309. The van der Waals surface area contributed by atoms with Crippen LogP contribution < -0.4 is 5.32 Å². The van der Waals surface area contributed by atoms with E-state index >= 15 is 0 Å². The number of hydrogen-bond donors (Lipinski definition) is 3. The molecule has 1 aliphatic rings. The quantitative estimate of drug-likeness (QED) is 0.327. The second-order valence-corrected chi connectivity index (χ2v) is 3.18. The van der Waals surface area contributed by atoms with E-state index in [9.17, 15) is 10.2 Å². The highest BCUT2D eigenvalue weighted by Crippen LogP contribution is 2.15. The third-order valence-corrected chi connectivity index (χ3v) is 2.23. The van der Waals surface area contributed by atoms with E-state index in [1.807, 2.05) is 0 Å². The molecule has 9 nitrogen and oxygen atoms in total. The van der Waals surface area contributed by atoms with E-state index < -0.39 is 24.3 Å². The Labute approximate surface area is 85.0 Å². The number of nitrogens with one attached hydrogen (secondary N) is 1. The molecule has 0 aromatic carbocycles. The first kappa shape index (κ1) is 11.6. The monoisotopic (exact) mass is 213 g/mol. The SMILES string of the molecule is [N-]=[N+]=N[C@@H]1[C@@H](O)[C@H](O)CNC[C@@H]1N=[N+]=[N-]. The molecule has 0 aromatic heterocycles. The van der Waals surface area contributed by atoms with Crippen LogP contribution in [0.5, 0.6) is 0 Å². The average Bonchev–Trinajstić information content (AvgIpc) is 2.34. The van der Waals surface area contributed by atoms with E-state index in [-0.39, 0.29) is 13.1 Å². The summed E-state index contributed by atoms with van der Waals surface area (Å²) in [6.45, 7) is 0.415. The van der Waals surface area contributed by atoms with E-state index in [4.69, 9.17) is 11.1 Å². The smallest absolute Gasteiger partial charge is 0.0927 e. The molecular weight excluding hydrogens is 202 g/mol. The number of β-amino-alcohol motifs (C(OH)–C–C–N with tert-alkyl or cyclic N) is 1. The molecule has 0 amide bonds. The normalized spacial score (nSPS) is 35.9. The zero-order valence-corrected chi connectivity index (χ0v) is 7.80. The lowest BCUT2D eigenvalue weighted by atomic mass is 10.0. The standard InChI is InChI=1S/C6H11N7O2/c7-12-10-3-1-9-2-4(14)6(15)5(3)11-13-8/h3-6,9,14-15H,1-2H2/t3-,4+,5-,6-/m0/s1.